The smallest absolute Gasteiger partial charge is 0.224 e. The Balaban J connectivity index is 1.47. The summed E-state index contributed by atoms with van der Waals surface area (Å²) < 4.78 is 53.7. The van der Waals surface area contributed by atoms with Gasteiger partial charge in [0.25, 0.3) is 0 Å². The lowest BCUT2D eigenvalue weighted by Crippen LogP contribution is -2.48. The van der Waals surface area contributed by atoms with Crippen LogP contribution in [-0.4, -0.2) is 61.8 Å². The van der Waals surface area contributed by atoms with Gasteiger partial charge in [-0.2, -0.15) is 0 Å². The first-order chi connectivity index (χ1) is 18.8. The Bertz CT molecular complexity index is 1380. The minimum Gasteiger partial charge on any atom is -0.494 e. The summed E-state index contributed by atoms with van der Waals surface area (Å²) in [6.07, 6.45) is 8.67. The van der Waals surface area contributed by atoms with Crippen LogP contribution >= 0.6 is 0 Å². The lowest BCUT2D eigenvalue weighted by atomic mass is 9.95. The zero-order chi connectivity index (χ0) is 27.9. The molecule has 0 bridgehead atoms. The van der Waals surface area contributed by atoms with Crippen molar-refractivity contribution in [3.05, 3.63) is 83.3 Å². The molecule has 3 atom stereocenters. The minimum atomic E-state index is -0.509. The molecule has 0 unspecified atom stereocenters. The number of carbonyl (C=O) groups is 1. The van der Waals surface area contributed by atoms with Gasteiger partial charge >= 0.3 is 0 Å². The third kappa shape index (κ3) is 7.04. The van der Waals surface area contributed by atoms with Gasteiger partial charge in [-0.3, -0.25) is 4.79 Å². The molecule has 9 heteroatoms. The molecule has 0 spiro atoms. The van der Waals surface area contributed by atoms with Gasteiger partial charge in [0.1, 0.15) is 28.7 Å². The number of fused-ring (bicyclic) bond motifs is 1. The SMILES string of the molecule is COc1cccc2c(C=C[C@@H]3CC[C@@H](NC/C=C/c4cc(F)ccc4F)[C@@H](CC(=O)N(C)C)O3)c(F)cnc12. The van der Waals surface area contributed by atoms with Crippen LogP contribution in [0.3, 0.4) is 0 Å². The highest BCUT2D eigenvalue weighted by molar-refractivity contribution is 5.91. The average molecular weight is 540 g/mol. The van der Waals surface area contributed by atoms with E-state index in [1.54, 1.807) is 51.6 Å². The lowest BCUT2D eigenvalue weighted by Gasteiger charge is -2.36. The molecule has 1 N–H and O–H groups in total. The molecule has 0 saturated carbocycles. The van der Waals surface area contributed by atoms with Crippen molar-refractivity contribution in [1.82, 2.24) is 15.2 Å². The van der Waals surface area contributed by atoms with Crippen LogP contribution in [0, 0.1) is 17.5 Å². The minimum absolute atomic E-state index is 0.0768. The second kappa shape index (κ2) is 12.9. The van der Waals surface area contributed by atoms with Gasteiger partial charge in [0.05, 0.1) is 31.9 Å². The zero-order valence-corrected chi connectivity index (χ0v) is 22.2. The molecule has 1 aromatic heterocycles. The quantitative estimate of drug-likeness (QED) is 0.396. The Morgan fingerprint density at radius 2 is 1.97 bits per heavy atom. The van der Waals surface area contributed by atoms with Gasteiger partial charge in [-0.15, -0.1) is 0 Å². The van der Waals surface area contributed by atoms with Crippen LogP contribution in [0.1, 0.15) is 30.4 Å². The number of rotatable bonds is 9. The topological polar surface area (TPSA) is 63.7 Å². The number of amides is 1. The Hall–Kier alpha value is -3.69. The van der Waals surface area contributed by atoms with E-state index in [1.165, 1.54) is 17.2 Å². The second-order valence-corrected chi connectivity index (χ2v) is 9.60. The monoisotopic (exact) mass is 539 g/mol. The van der Waals surface area contributed by atoms with Crippen molar-refractivity contribution in [3.8, 4) is 5.75 Å². The fourth-order valence-corrected chi connectivity index (χ4v) is 4.61. The number of ether oxygens (including phenoxy) is 2. The summed E-state index contributed by atoms with van der Waals surface area (Å²) in [5.41, 5.74) is 1.11. The highest BCUT2D eigenvalue weighted by atomic mass is 19.1. The summed E-state index contributed by atoms with van der Waals surface area (Å²) in [7, 11) is 4.92. The molecule has 1 aliphatic rings. The van der Waals surface area contributed by atoms with E-state index in [-0.39, 0.29) is 30.0 Å². The first-order valence-corrected chi connectivity index (χ1v) is 12.8. The molecule has 0 radical (unpaired) electrons. The Labute approximate surface area is 226 Å². The molecular weight excluding hydrogens is 507 g/mol. The van der Waals surface area contributed by atoms with Crippen molar-refractivity contribution in [1.29, 1.82) is 0 Å². The van der Waals surface area contributed by atoms with Gasteiger partial charge in [-0.05, 0) is 37.1 Å². The summed E-state index contributed by atoms with van der Waals surface area (Å²) in [4.78, 5) is 18.2. The summed E-state index contributed by atoms with van der Waals surface area (Å²) in [6, 6.07) is 8.51. The maximum absolute atomic E-state index is 14.7. The molecule has 4 rings (SSSR count). The molecule has 39 heavy (non-hydrogen) atoms. The predicted octanol–water partition coefficient (Wildman–Crippen LogP) is 5.37. The molecule has 206 valence electrons. The summed E-state index contributed by atoms with van der Waals surface area (Å²) in [6.45, 7) is 0.382. The first kappa shape index (κ1) is 28.3. The standard InChI is InChI=1S/C30H32F3N3O3/c1-36(2)29(37)17-28-26(34-15-5-6-19-16-20(31)9-13-24(19)32)14-11-21(39-28)10-12-22-23-7-4-8-27(38-3)30(23)35-18-25(22)33/h4-10,12-13,16,18,21,26,28,34H,11,14-15,17H2,1-3H3/b6-5+,12-10?/t21-,26-,28-/m1/s1. The van der Waals surface area contributed by atoms with Crippen LogP contribution in [0.4, 0.5) is 13.2 Å². The van der Waals surface area contributed by atoms with Crippen molar-refractivity contribution in [2.24, 2.45) is 0 Å². The van der Waals surface area contributed by atoms with Gasteiger partial charge in [-0.1, -0.05) is 36.4 Å². The molecule has 1 amide bonds. The molecule has 1 fully saturated rings. The molecular formula is C30H32F3N3O3. The summed E-state index contributed by atoms with van der Waals surface area (Å²) in [5.74, 6) is -0.990. The van der Waals surface area contributed by atoms with Gasteiger partial charge in [-0.25, -0.2) is 18.2 Å². The third-order valence-corrected chi connectivity index (χ3v) is 6.74. The van der Waals surface area contributed by atoms with Crippen LogP contribution in [0.5, 0.6) is 5.75 Å². The number of nitrogens with zero attached hydrogens (tertiary/aromatic N) is 2. The van der Waals surface area contributed by atoms with E-state index in [1.807, 2.05) is 6.08 Å². The number of hydrogen-bond donors (Lipinski definition) is 1. The normalized spacial score (nSPS) is 19.7. The van der Waals surface area contributed by atoms with Gasteiger partial charge in [0.15, 0.2) is 0 Å². The third-order valence-electron chi connectivity index (χ3n) is 6.74. The molecule has 2 aromatic carbocycles. The number of hydrogen-bond acceptors (Lipinski definition) is 5. The number of aromatic nitrogens is 1. The molecule has 3 aromatic rings. The van der Waals surface area contributed by atoms with Crippen molar-refractivity contribution in [3.63, 3.8) is 0 Å². The zero-order valence-electron chi connectivity index (χ0n) is 22.2. The van der Waals surface area contributed by atoms with E-state index in [0.29, 0.717) is 41.6 Å². The maximum Gasteiger partial charge on any atom is 0.224 e. The fraction of sp³-hybridized carbons (Fsp3) is 0.333. The number of benzene rings is 2. The number of halogens is 3. The summed E-state index contributed by atoms with van der Waals surface area (Å²) in [5, 5.41) is 3.98. The van der Waals surface area contributed by atoms with Crippen LogP contribution in [0.15, 0.2) is 54.7 Å². The van der Waals surface area contributed by atoms with Gasteiger partial charge in [0.2, 0.25) is 5.91 Å². The van der Waals surface area contributed by atoms with Gasteiger partial charge in [0, 0.05) is 43.2 Å². The highest BCUT2D eigenvalue weighted by Crippen LogP contribution is 2.29. The van der Waals surface area contributed by atoms with Crippen molar-refractivity contribution in [2.75, 3.05) is 27.7 Å². The Kier molecular flexibility index (Phi) is 9.37. The fourth-order valence-electron chi connectivity index (χ4n) is 4.61. The largest absolute Gasteiger partial charge is 0.494 e. The van der Waals surface area contributed by atoms with E-state index in [9.17, 15) is 18.0 Å². The predicted molar refractivity (Wildman–Crippen MR) is 146 cm³/mol. The van der Waals surface area contributed by atoms with Crippen molar-refractivity contribution < 1.29 is 27.4 Å². The molecule has 1 aliphatic heterocycles. The first-order valence-electron chi connectivity index (χ1n) is 12.8. The molecule has 2 heterocycles. The number of carbonyl (C=O) groups excluding carboxylic acids is 1. The Morgan fingerprint density at radius 1 is 1.15 bits per heavy atom. The van der Waals surface area contributed by atoms with Crippen LogP contribution in [0.25, 0.3) is 23.1 Å². The van der Waals surface area contributed by atoms with E-state index < -0.39 is 23.6 Å². The van der Waals surface area contributed by atoms with E-state index in [2.05, 4.69) is 10.3 Å². The van der Waals surface area contributed by atoms with Crippen LogP contribution in [0.2, 0.25) is 0 Å². The molecule has 6 nitrogen and oxygen atoms in total. The maximum atomic E-state index is 14.7. The summed E-state index contributed by atoms with van der Waals surface area (Å²) >= 11 is 0. The van der Waals surface area contributed by atoms with Crippen LogP contribution in [-0.2, 0) is 9.53 Å². The number of para-hydroxylation sites is 1. The van der Waals surface area contributed by atoms with Crippen LogP contribution < -0.4 is 10.1 Å². The number of pyridine rings is 1. The lowest BCUT2D eigenvalue weighted by molar-refractivity contribution is -0.135. The van der Waals surface area contributed by atoms with E-state index in [4.69, 9.17) is 9.47 Å². The molecule has 1 saturated heterocycles. The van der Waals surface area contributed by atoms with E-state index >= 15 is 0 Å². The van der Waals surface area contributed by atoms with Crippen molar-refractivity contribution >= 4 is 29.0 Å². The van der Waals surface area contributed by atoms with E-state index in [0.717, 1.165) is 18.2 Å². The second-order valence-electron chi connectivity index (χ2n) is 9.60. The number of methoxy groups -OCH3 is 1. The Morgan fingerprint density at radius 3 is 2.74 bits per heavy atom. The van der Waals surface area contributed by atoms with Crippen molar-refractivity contribution in [2.45, 2.75) is 37.5 Å². The average Bonchev–Trinajstić information content (AvgIpc) is 2.92. The number of nitrogens with one attached hydrogen (secondary N) is 1. The van der Waals surface area contributed by atoms with Gasteiger partial charge < -0.3 is 19.7 Å². The molecule has 0 aliphatic carbocycles. The highest BCUT2D eigenvalue weighted by Gasteiger charge is 2.32.